The summed E-state index contributed by atoms with van der Waals surface area (Å²) in [6.45, 7) is 2.63. The second-order valence-corrected chi connectivity index (χ2v) is 6.22. The van der Waals surface area contributed by atoms with Gasteiger partial charge in [-0.1, -0.05) is 18.2 Å². The van der Waals surface area contributed by atoms with Crippen molar-refractivity contribution < 1.29 is 4.79 Å². The summed E-state index contributed by atoms with van der Waals surface area (Å²) in [5.74, 6) is 0.472. The lowest BCUT2D eigenvalue weighted by Gasteiger charge is -2.19. The Morgan fingerprint density at radius 3 is 3.04 bits per heavy atom. The van der Waals surface area contributed by atoms with Crippen LogP contribution in [-0.4, -0.2) is 45.3 Å². The first-order chi connectivity index (χ1) is 12.8. The van der Waals surface area contributed by atoms with Gasteiger partial charge in [0, 0.05) is 37.1 Å². The molecule has 1 aliphatic rings. The number of nitrogens with one attached hydrogen (secondary N) is 1. The number of anilines is 1. The monoisotopic (exact) mass is 348 g/mol. The van der Waals surface area contributed by atoms with Crippen molar-refractivity contribution in [1.29, 1.82) is 0 Å². The molecule has 0 saturated heterocycles. The minimum Gasteiger partial charge on any atom is -0.371 e. The normalized spacial score (nSPS) is 12.8. The molecule has 1 aliphatic heterocycles. The van der Waals surface area contributed by atoms with Gasteiger partial charge in [0.15, 0.2) is 5.82 Å². The maximum absolute atomic E-state index is 12.4. The van der Waals surface area contributed by atoms with Gasteiger partial charge in [0.2, 0.25) is 0 Å². The van der Waals surface area contributed by atoms with E-state index in [2.05, 4.69) is 49.5 Å². The van der Waals surface area contributed by atoms with Crippen LogP contribution in [0.15, 0.2) is 55.2 Å². The SMILES string of the molecule is O=C(NCCCN1CCc2ccccc21)c1ccnc(-n2cncn2)c1. The van der Waals surface area contributed by atoms with Crippen LogP contribution in [0.25, 0.3) is 5.82 Å². The number of fused-ring (bicyclic) bond motifs is 1. The van der Waals surface area contributed by atoms with Crippen molar-refractivity contribution in [2.24, 2.45) is 0 Å². The molecule has 1 amide bonds. The molecule has 26 heavy (non-hydrogen) atoms. The maximum Gasteiger partial charge on any atom is 0.251 e. The Hall–Kier alpha value is -3.22. The highest BCUT2D eigenvalue weighted by molar-refractivity contribution is 5.94. The van der Waals surface area contributed by atoms with Crippen molar-refractivity contribution in [3.8, 4) is 5.82 Å². The molecule has 0 radical (unpaired) electrons. The van der Waals surface area contributed by atoms with Crippen LogP contribution >= 0.6 is 0 Å². The van der Waals surface area contributed by atoms with Gasteiger partial charge in [0.25, 0.3) is 5.91 Å². The van der Waals surface area contributed by atoms with Gasteiger partial charge in [0.05, 0.1) is 0 Å². The molecule has 3 aromatic rings. The zero-order valence-electron chi connectivity index (χ0n) is 14.4. The Bertz CT molecular complexity index is 893. The molecule has 3 heterocycles. The van der Waals surface area contributed by atoms with Gasteiger partial charge in [-0.05, 0) is 36.6 Å². The number of carbonyl (C=O) groups is 1. The van der Waals surface area contributed by atoms with E-state index in [0.717, 1.165) is 25.9 Å². The van der Waals surface area contributed by atoms with E-state index in [1.54, 1.807) is 24.7 Å². The fourth-order valence-corrected chi connectivity index (χ4v) is 3.22. The standard InChI is InChI=1S/C19H20N6O/c26-19(16-6-9-21-18(12-16)25-14-20-13-23-25)22-8-3-10-24-11-7-15-4-1-2-5-17(15)24/h1-2,4-6,9,12-14H,3,7-8,10-11H2,(H,22,26). The van der Waals surface area contributed by atoms with E-state index >= 15 is 0 Å². The summed E-state index contributed by atoms with van der Waals surface area (Å²) < 4.78 is 1.53. The van der Waals surface area contributed by atoms with Gasteiger partial charge in [-0.2, -0.15) is 5.10 Å². The number of hydrogen-bond donors (Lipinski definition) is 1. The first-order valence-corrected chi connectivity index (χ1v) is 8.73. The zero-order chi connectivity index (χ0) is 17.8. The molecule has 0 fully saturated rings. The van der Waals surface area contributed by atoms with Crippen molar-refractivity contribution in [2.75, 3.05) is 24.5 Å². The van der Waals surface area contributed by atoms with E-state index in [0.29, 0.717) is 17.9 Å². The van der Waals surface area contributed by atoms with Gasteiger partial charge in [0.1, 0.15) is 12.7 Å². The molecule has 0 saturated carbocycles. The predicted molar refractivity (Wildman–Crippen MR) is 98.5 cm³/mol. The van der Waals surface area contributed by atoms with E-state index in [4.69, 9.17) is 0 Å². The van der Waals surface area contributed by atoms with Crippen LogP contribution in [0.5, 0.6) is 0 Å². The van der Waals surface area contributed by atoms with Gasteiger partial charge in [-0.15, -0.1) is 0 Å². The number of nitrogens with zero attached hydrogens (tertiary/aromatic N) is 5. The first-order valence-electron chi connectivity index (χ1n) is 8.73. The minimum absolute atomic E-state index is 0.101. The summed E-state index contributed by atoms with van der Waals surface area (Å²) in [5, 5.41) is 7.01. The zero-order valence-corrected chi connectivity index (χ0v) is 14.4. The lowest BCUT2D eigenvalue weighted by molar-refractivity contribution is 0.0953. The fourth-order valence-electron chi connectivity index (χ4n) is 3.22. The van der Waals surface area contributed by atoms with Crippen molar-refractivity contribution >= 4 is 11.6 Å². The molecule has 1 N–H and O–H groups in total. The molecular weight excluding hydrogens is 328 g/mol. The van der Waals surface area contributed by atoms with Crippen molar-refractivity contribution in [3.05, 3.63) is 66.4 Å². The topological polar surface area (TPSA) is 75.9 Å². The van der Waals surface area contributed by atoms with Crippen LogP contribution in [0.2, 0.25) is 0 Å². The third kappa shape index (κ3) is 3.42. The highest BCUT2D eigenvalue weighted by atomic mass is 16.1. The summed E-state index contributed by atoms with van der Waals surface area (Å²) in [7, 11) is 0. The van der Waals surface area contributed by atoms with E-state index in [1.165, 1.54) is 22.3 Å². The molecule has 132 valence electrons. The van der Waals surface area contributed by atoms with E-state index in [1.807, 2.05) is 0 Å². The third-order valence-corrected chi connectivity index (χ3v) is 4.53. The van der Waals surface area contributed by atoms with Crippen molar-refractivity contribution in [2.45, 2.75) is 12.8 Å². The number of para-hydroxylation sites is 1. The smallest absolute Gasteiger partial charge is 0.251 e. The molecule has 0 spiro atoms. The van der Waals surface area contributed by atoms with Crippen LogP contribution < -0.4 is 10.2 Å². The molecule has 7 nitrogen and oxygen atoms in total. The summed E-state index contributed by atoms with van der Waals surface area (Å²) >= 11 is 0. The molecule has 4 rings (SSSR count). The highest BCUT2D eigenvalue weighted by Crippen LogP contribution is 2.27. The highest BCUT2D eigenvalue weighted by Gasteiger charge is 2.17. The van der Waals surface area contributed by atoms with Crippen LogP contribution in [-0.2, 0) is 6.42 Å². The molecule has 0 bridgehead atoms. The number of amides is 1. The Morgan fingerprint density at radius 2 is 2.15 bits per heavy atom. The minimum atomic E-state index is -0.101. The average molecular weight is 348 g/mol. The summed E-state index contributed by atoms with van der Waals surface area (Å²) in [6, 6.07) is 11.9. The maximum atomic E-state index is 12.4. The van der Waals surface area contributed by atoms with Crippen LogP contribution in [0.3, 0.4) is 0 Å². The average Bonchev–Trinajstić information content (AvgIpc) is 3.35. The van der Waals surface area contributed by atoms with Crippen LogP contribution in [0.4, 0.5) is 5.69 Å². The summed E-state index contributed by atoms with van der Waals surface area (Å²) in [4.78, 5) is 22.9. The van der Waals surface area contributed by atoms with Gasteiger partial charge >= 0.3 is 0 Å². The summed E-state index contributed by atoms with van der Waals surface area (Å²) in [6.07, 6.45) is 6.60. The van der Waals surface area contributed by atoms with Crippen LogP contribution in [0.1, 0.15) is 22.3 Å². The fraction of sp³-hybridized carbons (Fsp3) is 0.263. The quantitative estimate of drug-likeness (QED) is 0.688. The number of hydrogen-bond acceptors (Lipinski definition) is 5. The largest absolute Gasteiger partial charge is 0.371 e. The lowest BCUT2D eigenvalue weighted by atomic mass is 10.2. The Balaban J connectivity index is 1.29. The first kappa shape index (κ1) is 16.3. The number of pyridine rings is 1. The second kappa shape index (κ2) is 7.35. The molecule has 1 aromatic carbocycles. The Morgan fingerprint density at radius 1 is 1.23 bits per heavy atom. The van der Waals surface area contributed by atoms with E-state index in [-0.39, 0.29) is 5.91 Å². The van der Waals surface area contributed by atoms with Gasteiger partial charge in [-0.3, -0.25) is 4.79 Å². The summed E-state index contributed by atoms with van der Waals surface area (Å²) in [5.41, 5.74) is 3.30. The van der Waals surface area contributed by atoms with Gasteiger partial charge < -0.3 is 10.2 Å². The van der Waals surface area contributed by atoms with E-state index in [9.17, 15) is 4.79 Å². The molecule has 0 unspecified atom stereocenters. The number of carbonyl (C=O) groups excluding carboxylic acids is 1. The molecule has 2 aromatic heterocycles. The predicted octanol–water partition coefficient (Wildman–Crippen LogP) is 1.84. The number of rotatable bonds is 6. The van der Waals surface area contributed by atoms with Crippen molar-refractivity contribution in [1.82, 2.24) is 25.1 Å². The van der Waals surface area contributed by atoms with E-state index < -0.39 is 0 Å². The Labute approximate surface area is 151 Å². The van der Waals surface area contributed by atoms with Crippen LogP contribution in [0, 0.1) is 0 Å². The molecular formula is C19H20N6O. The third-order valence-electron chi connectivity index (χ3n) is 4.53. The molecule has 7 heteroatoms. The Kier molecular flexibility index (Phi) is 4.59. The number of aromatic nitrogens is 4. The number of benzene rings is 1. The second-order valence-electron chi connectivity index (χ2n) is 6.22. The van der Waals surface area contributed by atoms with Gasteiger partial charge in [-0.25, -0.2) is 14.6 Å². The lowest BCUT2D eigenvalue weighted by Crippen LogP contribution is -2.29. The van der Waals surface area contributed by atoms with Crippen molar-refractivity contribution in [3.63, 3.8) is 0 Å². The molecule has 0 aliphatic carbocycles. The molecule has 0 atom stereocenters.